The number of ether oxygens (including phenoxy) is 1. The number of hydrogen-bond acceptors (Lipinski definition) is 6. The van der Waals surface area contributed by atoms with Crippen molar-refractivity contribution in [3.05, 3.63) is 45.4 Å². The van der Waals surface area contributed by atoms with Crippen LogP contribution in [-0.4, -0.2) is 73.7 Å². The Balaban J connectivity index is 1.51. The summed E-state index contributed by atoms with van der Waals surface area (Å²) in [7, 11) is 0. The van der Waals surface area contributed by atoms with E-state index in [1.165, 1.54) is 29.2 Å². The van der Waals surface area contributed by atoms with Gasteiger partial charge in [-0.1, -0.05) is 11.6 Å². The molecule has 0 spiro atoms. The van der Waals surface area contributed by atoms with Gasteiger partial charge < -0.3 is 20.3 Å². The van der Waals surface area contributed by atoms with Gasteiger partial charge in [0.1, 0.15) is 18.5 Å². The lowest BCUT2D eigenvalue weighted by Gasteiger charge is -2.31. The zero-order valence-corrected chi connectivity index (χ0v) is 20.9. The van der Waals surface area contributed by atoms with Crippen LogP contribution in [0.25, 0.3) is 0 Å². The number of carbonyl (C=O) groups excluding carboxylic acids is 3. The highest BCUT2D eigenvalue weighted by molar-refractivity contribution is 7.18. The van der Waals surface area contributed by atoms with E-state index in [1.54, 1.807) is 0 Å². The van der Waals surface area contributed by atoms with Gasteiger partial charge in [0.05, 0.1) is 28.1 Å². The molecule has 200 valence electrons. The van der Waals surface area contributed by atoms with Crippen LogP contribution in [0.15, 0.2) is 30.3 Å². The number of nitrogens with one attached hydrogen (secondary N) is 2. The number of hydrogen-bond donors (Lipinski definition) is 2. The van der Waals surface area contributed by atoms with Gasteiger partial charge in [-0.3, -0.25) is 19.3 Å². The fraction of sp³-hybridized carbons (Fsp3) is 0.435. The number of morpholine rings is 1. The van der Waals surface area contributed by atoms with Crippen molar-refractivity contribution in [2.75, 3.05) is 43.1 Å². The molecule has 1 saturated carbocycles. The molecule has 2 N–H and O–H groups in total. The molecular formula is C23H23ClF4N4O4S. The van der Waals surface area contributed by atoms with Gasteiger partial charge in [0.25, 0.3) is 11.8 Å². The average molecular weight is 563 g/mol. The molecule has 8 nitrogen and oxygen atoms in total. The van der Waals surface area contributed by atoms with Crippen LogP contribution in [0.3, 0.4) is 0 Å². The molecule has 2 fully saturated rings. The van der Waals surface area contributed by atoms with Gasteiger partial charge in [0, 0.05) is 24.8 Å². The van der Waals surface area contributed by atoms with E-state index in [9.17, 15) is 31.9 Å². The van der Waals surface area contributed by atoms with Crippen molar-refractivity contribution in [1.82, 2.24) is 10.2 Å². The maximum Gasteiger partial charge on any atom is 0.401 e. The highest BCUT2D eigenvalue weighted by Gasteiger charge is 2.43. The summed E-state index contributed by atoms with van der Waals surface area (Å²) in [5, 5.41) is 4.96. The van der Waals surface area contributed by atoms with Crippen molar-refractivity contribution in [3.8, 4) is 0 Å². The van der Waals surface area contributed by atoms with Crippen LogP contribution in [0, 0.1) is 5.82 Å². The molecule has 14 heteroatoms. The molecule has 1 aliphatic carbocycles. The smallest absolute Gasteiger partial charge is 0.370 e. The Morgan fingerprint density at radius 3 is 2.59 bits per heavy atom. The highest BCUT2D eigenvalue weighted by Crippen LogP contribution is 2.32. The third-order valence-electron chi connectivity index (χ3n) is 5.83. The number of benzene rings is 1. The molecule has 1 atom stereocenters. The molecule has 4 rings (SSSR count). The molecule has 1 aliphatic heterocycles. The molecule has 0 radical (unpaired) electrons. The molecular weight excluding hydrogens is 540 g/mol. The molecule has 0 bridgehead atoms. The van der Waals surface area contributed by atoms with Crippen molar-refractivity contribution in [1.29, 1.82) is 0 Å². The van der Waals surface area contributed by atoms with Crippen LogP contribution in [0.5, 0.6) is 0 Å². The van der Waals surface area contributed by atoms with Crippen LogP contribution in [0.1, 0.15) is 22.5 Å². The lowest BCUT2D eigenvalue weighted by Crippen LogP contribution is -2.54. The largest absolute Gasteiger partial charge is 0.401 e. The number of carbonyl (C=O) groups is 3. The molecule has 37 heavy (non-hydrogen) atoms. The fourth-order valence-electron chi connectivity index (χ4n) is 3.98. The predicted molar refractivity (Wildman–Crippen MR) is 129 cm³/mol. The molecule has 3 amide bonds. The summed E-state index contributed by atoms with van der Waals surface area (Å²) in [5.74, 6) is -2.63. The summed E-state index contributed by atoms with van der Waals surface area (Å²) in [6, 6.07) is 4.77. The van der Waals surface area contributed by atoms with Crippen LogP contribution >= 0.6 is 22.9 Å². The number of amides is 3. The lowest BCUT2D eigenvalue weighted by molar-refractivity contribution is -0.155. The lowest BCUT2D eigenvalue weighted by atomic mass is 10.1. The second-order valence-corrected chi connectivity index (χ2v) is 10.3. The van der Waals surface area contributed by atoms with E-state index in [4.69, 9.17) is 16.3 Å². The molecule has 1 aromatic carbocycles. The SMILES string of the molecule is O=C(NC[C@@H](C(=O)Nc1ccc(N2CCOCC2=O)c(F)c1)N(CC(F)(F)F)C1CC1)c1ccc(Cl)s1. The number of rotatable bonds is 9. The number of thiophene rings is 1. The minimum absolute atomic E-state index is 0.00130. The first-order valence-electron chi connectivity index (χ1n) is 11.4. The summed E-state index contributed by atoms with van der Waals surface area (Å²) >= 11 is 6.84. The zero-order chi connectivity index (χ0) is 26.7. The van der Waals surface area contributed by atoms with E-state index in [0.717, 1.165) is 22.3 Å². The Labute approximate surface area is 218 Å². The van der Waals surface area contributed by atoms with Gasteiger partial charge in [0.15, 0.2) is 0 Å². The number of halogens is 5. The van der Waals surface area contributed by atoms with E-state index >= 15 is 0 Å². The van der Waals surface area contributed by atoms with E-state index in [1.807, 2.05) is 0 Å². The van der Waals surface area contributed by atoms with Crippen molar-refractivity contribution in [3.63, 3.8) is 0 Å². The normalized spacial score (nSPS) is 17.1. The van der Waals surface area contributed by atoms with E-state index in [-0.39, 0.29) is 36.0 Å². The van der Waals surface area contributed by atoms with E-state index < -0.39 is 54.9 Å². The van der Waals surface area contributed by atoms with Gasteiger partial charge in [0.2, 0.25) is 5.91 Å². The van der Waals surface area contributed by atoms with Crippen LogP contribution < -0.4 is 15.5 Å². The summed E-state index contributed by atoms with van der Waals surface area (Å²) in [6.45, 7) is -1.53. The Hall–Kier alpha value is -2.74. The topological polar surface area (TPSA) is 91.0 Å². The number of nitrogens with zero attached hydrogens (tertiary/aromatic N) is 2. The maximum absolute atomic E-state index is 14.8. The molecule has 2 aliphatic rings. The van der Waals surface area contributed by atoms with Gasteiger partial charge in [-0.15, -0.1) is 11.3 Å². The quantitative estimate of drug-likeness (QED) is 0.455. The minimum atomic E-state index is -4.58. The fourth-order valence-corrected chi connectivity index (χ4v) is 4.94. The summed E-state index contributed by atoms with van der Waals surface area (Å²) in [6.07, 6.45) is -3.62. The van der Waals surface area contributed by atoms with E-state index in [0.29, 0.717) is 17.2 Å². The third-order valence-corrected chi connectivity index (χ3v) is 7.06. The van der Waals surface area contributed by atoms with Crippen LogP contribution in [0.4, 0.5) is 28.9 Å². The Morgan fingerprint density at radius 1 is 1.24 bits per heavy atom. The molecule has 2 aromatic rings. The second kappa shape index (κ2) is 11.3. The monoisotopic (exact) mass is 562 g/mol. The van der Waals surface area contributed by atoms with Gasteiger partial charge in [-0.2, -0.15) is 13.2 Å². The van der Waals surface area contributed by atoms with Gasteiger partial charge in [-0.05, 0) is 43.2 Å². The highest BCUT2D eigenvalue weighted by atomic mass is 35.5. The van der Waals surface area contributed by atoms with Crippen molar-refractivity contribution in [2.45, 2.75) is 31.1 Å². The minimum Gasteiger partial charge on any atom is -0.370 e. The molecule has 1 aromatic heterocycles. The van der Waals surface area contributed by atoms with Crippen molar-refractivity contribution >= 4 is 52.0 Å². The number of anilines is 2. The van der Waals surface area contributed by atoms with Gasteiger partial charge in [-0.25, -0.2) is 4.39 Å². The number of alkyl halides is 3. The Morgan fingerprint density at radius 2 is 2.00 bits per heavy atom. The summed E-state index contributed by atoms with van der Waals surface area (Å²) in [5.41, 5.74) is -0.00233. The standard InChI is InChI=1S/C23H23ClF4N4O4S/c24-19-6-5-18(37-19)22(35)29-10-17(32(14-2-3-14)12-23(26,27)28)21(34)30-13-1-4-16(15(25)9-13)31-7-8-36-11-20(31)33/h1,4-6,9,14,17H,2-3,7-8,10-12H2,(H,29,35)(H,30,34)/t17-/m0/s1. The van der Waals surface area contributed by atoms with Gasteiger partial charge >= 0.3 is 6.18 Å². The zero-order valence-electron chi connectivity index (χ0n) is 19.3. The molecule has 1 saturated heterocycles. The first-order valence-corrected chi connectivity index (χ1v) is 12.6. The molecule has 2 heterocycles. The summed E-state index contributed by atoms with van der Waals surface area (Å²) in [4.78, 5) is 40.1. The second-order valence-electron chi connectivity index (χ2n) is 8.60. The molecule has 0 unspecified atom stereocenters. The third kappa shape index (κ3) is 7.18. The van der Waals surface area contributed by atoms with E-state index in [2.05, 4.69) is 10.6 Å². The Bertz CT molecular complexity index is 1170. The van der Waals surface area contributed by atoms with Crippen molar-refractivity contribution in [2.24, 2.45) is 0 Å². The first kappa shape index (κ1) is 27.3. The van der Waals surface area contributed by atoms with Crippen molar-refractivity contribution < 1.29 is 36.7 Å². The Kier molecular flexibility index (Phi) is 8.36. The van der Waals surface area contributed by atoms with Crippen LogP contribution in [-0.2, 0) is 14.3 Å². The average Bonchev–Trinajstić information content (AvgIpc) is 3.58. The van der Waals surface area contributed by atoms with Crippen LogP contribution in [0.2, 0.25) is 4.34 Å². The first-order chi connectivity index (χ1) is 17.5. The predicted octanol–water partition coefficient (Wildman–Crippen LogP) is 3.67. The summed E-state index contributed by atoms with van der Waals surface area (Å²) < 4.78 is 60.3. The maximum atomic E-state index is 14.8.